The third-order valence-corrected chi connectivity index (χ3v) is 5.42. The van der Waals surface area contributed by atoms with Gasteiger partial charge in [-0.1, -0.05) is 34.1 Å². The van der Waals surface area contributed by atoms with Crippen LogP contribution in [0.1, 0.15) is 23.6 Å². The Bertz CT molecular complexity index is 1010. The molecule has 1 heterocycles. The van der Waals surface area contributed by atoms with Gasteiger partial charge in [0.2, 0.25) is 5.91 Å². The van der Waals surface area contributed by atoms with E-state index >= 15 is 0 Å². The first-order chi connectivity index (χ1) is 14.7. The maximum atomic E-state index is 14.8. The lowest BCUT2D eigenvalue weighted by molar-refractivity contribution is -0.119. The molecule has 6 nitrogen and oxygen atoms in total. The van der Waals surface area contributed by atoms with E-state index in [1.54, 1.807) is 18.2 Å². The predicted octanol–water partition coefficient (Wildman–Crippen LogP) is 4.24. The first-order valence-corrected chi connectivity index (χ1v) is 10.7. The Kier molecular flexibility index (Phi) is 7.46. The van der Waals surface area contributed by atoms with Gasteiger partial charge in [0.25, 0.3) is 0 Å². The second-order valence-electron chi connectivity index (χ2n) is 7.69. The van der Waals surface area contributed by atoms with Gasteiger partial charge in [-0.3, -0.25) is 9.69 Å². The fraction of sp³-hybridized carbons (Fsp3) is 0.304. The number of benzene rings is 2. The van der Waals surface area contributed by atoms with Crippen molar-refractivity contribution in [2.75, 3.05) is 32.1 Å². The Morgan fingerprint density at radius 2 is 2.10 bits per heavy atom. The zero-order valence-corrected chi connectivity index (χ0v) is 19.3. The Morgan fingerprint density at radius 3 is 2.77 bits per heavy atom. The number of hydrogen-bond donors (Lipinski definition) is 1. The quantitative estimate of drug-likeness (QED) is 0.590. The van der Waals surface area contributed by atoms with E-state index in [1.165, 1.54) is 17.9 Å². The van der Waals surface area contributed by atoms with Gasteiger partial charge in [-0.05, 0) is 55.6 Å². The second kappa shape index (κ2) is 10.1. The number of carbonyl (C=O) groups excluding carboxylic acids is 2. The topological polar surface area (TPSA) is 61.9 Å². The van der Waals surface area contributed by atoms with Crippen LogP contribution in [0.4, 0.5) is 14.9 Å². The summed E-state index contributed by atoms with van der Waals surface area (Å²) in [5.41, 5.74) is 2.92. The highest BCUT2D eigenvalue weighted by Crippen LogP contribution is 2.29. The summed E-state index contributed by atoms with van der Waals surface area (Å²) in [5.74, 6) is -0.647. The Balaban J connectivity index is 1.75. The monoisotopic (exact) mass is 489 g/mol. The number of carbonyl (C=O) groups is 2. The second-order valence-corrected chi connectivity index (χ2v) is 8.54. The van der Waals surface area contributed by atoms with Gasteiger partial charge < -0.3 is 15.0 Å². The molecule has 0 bridgehead atoms. The zero-order valence-electron chi connectivity index (χ0n) is 17.7. The number of rotatable bonds is 7. The summed E-state index contributed by atoms with van der Waals surface area (Å²) in [6.07, 6.45) is 0.690. The van der Waals surface area contributed by atoms with Gasteiger partial charge in [0.15, 0.2) is 0 Å². The zero-order chi connectivity index (χ0) is 22.5. The molecule has 8 heteroatoms. The highest BCUT2D eigenvalue weighted by molar-refractivity contribution is 9.15. The normalized spacial score (nSPS) is 16.6. The van der Waals surface area contributed by atoms with Gasteiger partial charge in [0, 0.05) is 23.5 Å². The van der Waals surface area contributed by atoms with E-state index in [9.17, 15) is 14.0 Å². The third kappa shape index (κ3) is 6.15. The van der Waals surface area contributed by atoms with Crippen molar-refractivity contribution in [2.24, 2.45) is 0 Å². The fourth-order valence-electron chi connectivity index (χ4n) is 3.30. The maximum absolute atomic E-state index is 14.8. The van der Waals surface area contributed by atoms with Crippen LogP contribution in [0.15, 0.2) is 42.5 Å². The highest BCUT2D eigenvalue weighted by atomic mass is 79.9. The molecule has 0 saturated carbocycles. The van der Waals surface area contributed by atoms with Gasteiger partial charge in [-0.15, -0.1) is 0 Å². The molecule has 1 atom stereocenters. The number of anilines is 1. The van der Waals surface area contributed by atoms with E-state index in [0.717, 1.165) is 22.2 Å². The standard InChI is InChI=1S/C23H25BrFN3O3/c1-15(29)26-12-20-14-28(23(30)31-20)19-8-7-18(22(25)11-19)10-21(24)17-6-4-5-16(9-17)13-27(2)3/h4-11,20H,12-14H2,1-3H3,(H,26,29)/b21-10-/t20-/m0/s1. The summed E-state index contributed by atoms with van der Waals surface area (Å²) < 4.78 is 20.8. The number of nitrogens with one attached hydrogen (secondary N) is 1. The molecule has 0 unspecified atom stereocenters. The Morgan fingerprint density at radius 1 is 1.32 bits per heavy atom. The molecule has 0 spiro atoms. The van der Waals surface area contributed by atoms with Crippen molar-refractivity contribution in [3.63, 3.8) is 0 Å². The van der Waals surface area contributed by atoms with E-state index in [-0.39, 0.29) is 19.0 Å². The number of hydrogen-bond acceptors (Lipinski definition) is 4. The minimum atomic E-state index is -0.558. The molecule has 0 aliphatic carbocycles. The summed E-state index contributed by atoms with van der Waals surface area (Å²) in [6.45, 7) is 2.68. The van der Waals surface area contributed by atoms with E-state index < -0.39 is 18.0 Å². The molecule has 2 aromatic rings. The van der Waals surface area contributed by atoms with Crippen LogP contribution in [0.2, 0.25) is 0 Å². The summed E-state index contributed by atoms with van der Waals surface area (Å²) >= 11 is 3.55. The molecule has 164 valence electrons. The smallest absolute Gasteiger partial charge is 0.414 e. The van der Waals surface area contributed by atoms with Gasteiger partial charge in [0.05, 0.1) is 18.8 Å². The molecule has 0 aromatic heterocycles. The van der Waals surface area contributed by atoms with Crippen molar-refractivity contribution >= 4 is 44.2 Å². The van der Waals surface area contributed by atoms with Crippen LogP contribution in [0.25, 0.3) is 10.6 Å². The first kappa shape index (κ1) is 23.0. The van der Waals surface area contributed by atoms with Crippen LogP contribution < -0.4 is 10.2 Å². The Labute approximate surface area is 189 Å². The SMILES string of the molecule is CC(=O)NC[C@H]1CN(c2ccc(/C=C(\Br)c3cccc(CN(C)C)c3)c(F)c2)C(=O)O1. The van der Waals surface area contributed by atoms with Crippen LogP contribution in [0.5, 0.6) is 0 Å². The minimum Gasteiger partial charge on any atom is -0.442 e. The van der Waals surface area contributed by atoms with E-state index in [1.807, 2.05) is 32.3 Å². The largest absolute Gasteiger partial charge is 0.442 e. The Hall–Kier alpha value is -2.71. The highest BCUT2D eigenvalue weighted by Gasteiger charge is 2.32. The van der Waals surface area contributed by atoms with Crippen molar-refractivity contribution in [3.8, 4) is 0 Å². The molecule has 31 heavy (non-hydrogen) atoms. The molecule has 2 amide bonds. The van der Waals surface area contributed by atoms with Crippen LogP contribution in [0.3, 0.4) is 0 Å². The molecule has 1 N–H and O–H groups in total. The number of ether oxygens (including phenoxy) is 1. The van der Waals surface area contributed by atoms with Gasteiger partial charge in [-0.25, -0.2) is 9.18 Å². The van der Waals surface area contributed by atoms with E-state index in [4.69, 9.17) is 4.74 Å². The van der Waals surface area contributed by atoms with Crippen molar-refractivity contribution in [2.45, 2.75) is 19.6 Å². The van der Waals surface area contributed by atoms with Crippen molar-refractivity contribution < 1.29 is 18.7 Å². The van der Waals surface area contributed by atoms with Crippen LogP contribution in [-0.4, -0.2) is 50.2 Å². The first-order valence-electron chi connectivity index (χ1n) is 9.86. The van der Waals surface area contributed by atoms with Crippen molar-refractivity contribution in [1.82, 2.24) is 10.2 Å². The van der Waals surface area contributed by atoms with Crippen LogP contribution >= 0.6 is 15.9 Å². The van der Waals surface area contributed by atoms with Gasteiger partial charge in [-0.2, -0.15) is 0 Å². The molecule has 1 aliphatic rings. The number of halogens is 2. The lowest BCUT2D eigenvalue weighted by Crippen LogP contribution is -2.33. The van der Waals surface area contributed by atoms with Crippen molar-refractivity contribution in [1.29, 1.82) is 0 Å². The lowest BCUT2D eigenvalue weighted by Gasteiger charge is -2.14. The molecule has 3 rings (SSSR count). The van der Waals surface area contributed by atoms with Crippen LogP contribution in [-0.2, 0) is 16.1 Å². The molecular formula is C23H25BrFN3O3. The van der Waals surface area contributed by atoms with Gasteiger partial charge in [0.1, 0.15) is 11.9 Å². The lowest BCUT2D eigenvalue weighted by atomic mass is 10.1. The van der Waals surface area contributed by atoms with Gasteiger partial charge >= 0.3 is 6.09 Å². The molecule has 2 aromatic carbocycles. The average molecular weight is 490 g/mol. The summed E-state index contributed by atoms with van der Waals surface area (Å²) in [5, 5.41) is 2.62. The summed E-state index contributed by atoms with van der Waals surface area (Å²) in [6, 6.07) is 12.7. The van der Waals surface area contributed by atoms with Crippen LogP contribution in [0, 0.1) is 5.82 Å². The minimum absolute atomic E-state index is 0.200. The number of cyclic esters (lactones) is 1. The van der Waals surface area contributed by atoms with E-state index in [2.05, 4.69) is 32.2 Å². The molecule has 1 saturated heterocycles. The predicted molar refractivity (Wildman–Crippen MR) is 123 cm³/mol. The van der Waals surface area contributed by atoms with E-state index in [0.29, 0.717) is 11.3 Å². The summed E-state index contributed by atoms with van der Waals surface area (Å²) in [4.78, 5) is 26.6. The third-order valence-electron chi connectivity index (χ3n) is 4.73. The molecule has 1 aliphatic heterocycles. The molecule has 1 fully saturated rings. The van der Waals surface area contributed by atoms with Crippen molar-refractivity contribution in [3.05, 3.63) is 65.0 Å². The number of amides is 2. The molecular weight excluding hydrogens is 465 g/mol. The number of nitrogens with zero attached hydrogens (tertiary/aromatic N) is 2. The molecule has 0 radical (unpaired) electrons. The maximum Gasteiger partial charge on any atom is 0.414 e. The average Bonchev–Trinajstić information content (AvgIpc) is 3.08. The summed E-state index contributed by atoms with van der Waals surface area (Å²) in [7, 11) is 4.01. The fourth-order valence-corrected chi connectivity index (χ4v) is 3.79.